The minimum absolute atomic E-state index is 1.03. The van der Waals surface area contributed by atoms with Crippen molar-refractivity contribution in [3.63, 3.8) is 0 Å². The minimum atomic E-state index is -3.37. The Morgan fingerprint density at radius 3 is 1.19 bits per heavy atom. The average Bonchev–Trinajstić information content (AvgIpc) is 2.97. The third-order valence-electron chi connectivity index (χ3n) is 5.52. The summed E-state index contributed by atoms with van der Waals surface area (Å²) in [6, 6.07) is 30.5. The highest BCUT2D eigenvalue weighted by molar-refractivity contribution is 7.92. The molecule has 3 aromatic carbocycles. The Morgan fingerprint density at radius 2 is 0.861 bits per heavy atom. The molecule has 3 aromatic rings. The summed E-state index contributed by atoms with van der Waals surface area (Å²) in [7, 11) is -4.97. The van der Waals surface area contributed by atoms with Gasteiger partial charge in [0, 0.05) is 51.5 Å². The molecule has 1 aliphatic rings. The van der Waals surface area contributed by atoms with Crippen LogP contribution < -0.4 is 15.9 Å². The number of rotatable bonds is 9. The Morgan fingerprint density at radius 1 is 0.500 bits per heavy atom. The predicted molar refractivity (Wildman–Crippen MR) is 151 cm³/mol. The standard InChI is InChI=1S/C23H30N4O5P4/c1-28-34(25-35(29-2,30-3)27-36(26-34,31-4)32-5)24-33(21-15-9-6-10-16-21,22-17-11-7-12-18-22)23-19-13-8-14-20-23/h6-20H,1-5H3. The first-order valence-corrected chi connectivity index (χ1v) is 17.3. The second kappa shape index (κ2) is 11.4. The van der Waals surface area contributed by atoms with E-state index in [9.17, 15) is 0 Å². The largest absolute Gasteiger partial charge is 0.348 e. The van der Waals surface area contributed by atoms with Crippen molar-refractivity contribution < 1.29 is 22.6 Å². The Kier molecular flexibility index (Phi) is 8.69. The van der Waals surface area contributed by atoms with Crippen molar-refractivity contribution in [3.05, 3.63) is 91.0 Å². The van der Waals surface area contributed by atoms with Crippen LogP contribution in [0.2, 0.25) is 0 Å². The lowest BCUT2D eigenvalue weighted by Crippen LogP contribution is -2.25. The van der Waals surface area contributed by atoms with Crippen LogP contribution in [0.3, 0.4) is 0 Å². The van der Waals surface area contributed by atoms with Crippen LogP contribution in [-0.4, -0.2) is 35.5 Å². The van der Waals surface area contributed by atoms with Crippen molar-refractivity contribution in [1.82, 2.24) is 0 Å². The summed E-state index contributed by atoms with van der Waals surface area (Å²) in [5.74, 6) is 0. The lowest BCUT2D eigenvalue weighted by Gasteiger charge is -2.33. The van der Waals surface area contributed by atoms with Crippen LogP contribution in [0, 0.1) is 0 Å². The number of nitrogens with zero attached hydrogens (tertiary/aromatic N) is 4. The predicted octanol–water partition coefficient (Wildman–Crippen LogP) is 7.25. The zero-order valence-electron chi connectivity index (χ0n) is 20.8. The molecule has 0 bridgehead atoms. The molecule has 1 heterocycles. The molecule has 9 nitrogen and oxygen atoms in total. The minimum Gasteiger partial charge on any atom is -0.314 e. The lowest BCUT2D eigenvalue weighted by atomic mass is 10.4. The van der Waals surface area contributed by atoms with Gasteiger partial charge in [0.15, 0.2) is 0 Å². The number of benzene rings is 3. The van der Waals surface area contributed by atoms with Gasteiger partial charge in [0.25, 0.3) is 0 Å². The Balaban J connectivity index is 2.27. The summed E-state index contributed by atoms with van der Waals surface area (Å²) in [6.07, 6.45) is 0. The third-order valence-corrected chi connectivity index (χ3v) is 18.5. The van der Waals surface area contributed by atoms with E-state index in [1.54, 1.807) is 7.11 Å². The van der Waals surface area contributed by atoms with E-state index in [0.717, 1.165) is 15.9 Å². The molecule has 1 aliphatic heterocycles. The fourth-order valence-electron chi connectivity index (χ4n) is 3.79. The van der Waals surface area contributed by atoms with E-state index in [1.807, 2.05) is 54.6 Å². The molecule has 0 N–H and O–H groups in total. The highest BCUT2D eigenvalue weighted by Gasteiger charge is 2.42. The Bertz CT molecular complexity index is 1290. The van der Waals surface area contributed by atoms with Crippen molar-refractivity contribution in [2.45, 2.75) is 0 Å². The second-order valence-electron chi connectivity index (χ2n) is 7.41. The van der Waals surface area contributed by atoms with Gasteiger partial charge in [-0.05, 0) is 0 Å². The Hall–Kier alpha value is -1.62. The van der Waals surface area contributed by atoms with Crippen LogP contribution in [0.15, 0.2) is 109 Å². The molecular weight excluding hydrogens is 536 g/mol. The SMILES string of the molecule is COP1(N=P(c2ccccc2)(c2ccccc2)c2ccccc2)=NP(OC)(OC)=NP(OC)(OC)=N1. The van der Waals surface area contributed by atoms with Crippen LogP contribution in [0.25, 0.3) is 0 Å². The zero-order valence-corrected chi connectivity index (χ0v) is 24.4. The van der Waals surface area contributed by atoms with Crippen LogP contribution in [0.1, 0.15) is 0 Å². The highest BCUT2D eigenvalue weighted by atomic mass is 31.3. The van der Waals surface area contributed by atoms with Crippen molar-refractivity contribution in [2.75, 3.05) is 35.5 Å². The maximum absolute atomic E-state index is 6.13. The van der Waals surface area contributed by atoms with Crippen molar-refractivity contribution in [3.8, 4) is 0 Å². The third kappa shape index (κ3) is 5.06. The molecule has 0 aromatic heterocycles. The maximum atomic E-state index is 6.13. The summed E-state index contributed by atoms with van der Waals surface area (Å²) >= 11 is 0. The fourth-order valence-corrected chi connectivity index (χ4v) is 18.5. The van der Waals surface area contributed by atoms with Gasteiger partial charge in [-0.2, -0.15) is 0 Å². The van der Waals surface area contributed by atoms with Gasteiger partial charge in [-0.15, -0.1) is 13.5 Å². The van der Waals surface area contributed by atoms with E-state index in [-0.39, 0.29) is 0 Å². The summed E-state index contributed by atoms with van der Waals surface area (Å²) in [6.45, 7) is 0. The zero-order chi connectivity index (χ0) is 25.7. The van der Waals surface area contributed by atoms with Crippen molar-refractivity contribution >= 4 is 45.9 Å². The molecule has 0 aliphatic carbocycles. The van der Waals surface area contributed by atoms with Crippen LogP contribution in [-0.2, 0) is 22.6 Å². The molecule has 0 radical (unpaired) electrons. The van der Waals surface area contributed by atoms with E-state index in [4.69, 9.17) is 36.2 Å². The quantitative estimate of drug-likeness (QED) is 0.254. The molecule has 0 fully saturated rings. The fraction of sp³-hybridized carbons (Fsp3) is 0.217. The highest BCUT2D eigenvalue weighted by Crippen LogP contribution is 2.81. The van der Waals surface area contributed by atoms with Crippen molar-refractivity contribution in [1.29, 1.82) is 0 Å². The maximum Gasteiger partial charge on any atom is 0.348 e. The first-order valence-electron chi connectivity index (χ1n) is 11.0. The normalized spacial score (nSPS) is 20.5. The van der Waals surface area contributed by atoms with Gasteiger partial charge in [0.05, 0.1) is 7.05 Å². The molecule has 0 amide bonds. The van der Waals surface area contributed by atoms with Gasteiger partial charge >= 0.3 is 22.9 Å². The van der Waals surface area contributed by atoms with Crippen molar-refractivity contribution in [2.24, 2.45) is 18.1 Å². The molecule has 13 heteroatoms. The van der Waals surface area contributed by atoms with Gasteiger partial charge in [-0.1, -0.05) is 91.0 Å². The monoisotopic (exact) mass is 566 g/mol. The van der Waals surface area contributed by atoms with Gasteiger partial charge in [0.2, 0.25) is 0 Å². The average molecular weight is 566 g/mol. The summed E-state index contributed by atoms with van der Waals surface area (Å²) < 4.78 is 49.1. The molecule has 1 unspecified atom stereocenters. The molecule has 4 rings (SSSR count). The first-order chi connectivity index (χ1) is 17.4. The van der Waals surface area contributed by atoms with E-state index in [1.165, 1.54) is 28.4 Å². The molecule has 0 saturated heterocycles. The summed E-state index contributed by atoms with van der Waals surface area (Å²) in [5.41, 5.74) is 0. The Labute approximate surface area is 213 Å². The van der Waals surface area contributed by atoms with E-state index >= 15 is 0 Å². The van der Waals surface area contributed by atoms with Gasteiger partial charge in [-0.25, -0.2) is 4.52 Å². The van der Waals surface area contributed by atoms with E-state index in [2.05, 4.69) is 40.9 Å². The van der Waals surface area contributed by atoms with Gasteiger partial charge in [-0.3, -0.25) is 0 Å². The summed E-state index contributed by atoms with van der Waals surface area (Å²) in [5, 5.41) is 3.10. The molecule has 0 spiro atoms. The molecule has 192 valence electrons. The topological polar surface area (TPSA) is 95.6 Å². The molecule has 36 heavy (non-hydrogen) atoms. The second-order valence-corrected chi connectivity index (χ2v) is 17.9. The molecular formula is C23H30N4O5P4. The number of hydrogen-bond acceptors (Lipinski definition) is 9. The van der Waals surface area contributed by atoms with Crippen LogP contribution in [0.4, 0.5) is 0 Å². The lowest BCUT2D eigenvalue weighted by molar-refractivity contribution is 0.312. The summed E-state index contributed by atoms with van der Waals surface area (Å²) in [4.78, 5) is 0. The molecule has 0 saturated carbocycles. The smallest absolute Gasteiger partial charge is 0.314 e. The van der Waals surface area contributed by atoms with Crippen LogP contribution >= 0.6 is 30.0 Å². The molecule has 1 atom stereocenters. The van der Waals surface area contributed by atoms with Gasteiger partial charge in [0.1, 0.15) is 0 Å². The van der Waals surface area contributed by atoms with Gasteiger partial charge < -0.3 is 22.6 Å². The first kappa shape index (κ1) is 27.4. The van der Waals surface area contributed by atoms with E-state index in [0.29, 0.717) is 0 Å². The van der Waals surface area contributed by atoms with E-state index < -0.39 is 30.0 Å². The number of hydrogen-bond donors (Lipinski definition) is 0. The van der Waals surface area contributed by atoms with Crippen LogP contribution in [0.5, 0.6) is 0 Å².